The second-order valence-corrected chi connectivity index (χ2v) is 1.48. The summed E-state index contributed by atoms with van der Waals surface area (Å²) in [5.74, 6) is -4.46. The van der Waals surface area contributed by atoms with Crippen LogP contribution in [-0.2, 0) is 9.59 Å². The molecule has 0 rings (SSSR count). The van der Waals surface area contributed by atoms with Gasteiger partial charge in [-0.25, -0.2) is 0 Å². The summed E-state index contributed by atoms with van der Waals surface area (Å²) in [5, 5.41) is 39.0. The Balaban J connectivity index is -0.000000405. The van der Waals surface area contributed by atoms with Crippen molar-refractivity contribution in [3.05, 3.63) is 0 Å². The van der Waals surface area contributed by atoms with Crippen LogP contribution in [0.15, 0.2) is 0 Å². The van der Waals surface area contributed by atoms with Gasteiger partial charge in [-0.15, -0.1) is 0 Å². The SMILES string of the molecule is O=C([O-])[C@@H]([O-])[C@H]([O-])C(=O)[O-].[Na+].[Sb+3]. The fourth-order valence-corrected chi connectivity index (χ4v) is 0.247. The maximum Gasteiger partial charge on any atom is 3.00 e. The van der Waals surface area contributed by atoms with E-state index in [4.69, 9.17) is 0 Å². The summed E-state index contributed by atoms with van der Waals surface area (Å²) >= 11 is 0. The van der Waals surface area contributed by atoms with Gasteiger partial charge in [-0.1, -0.05) is 12.2 Å². The Labute approximate surface area is 107 Å². The second kappa shape index (κ2) is 8.28. The standard InChI is InChI=1S/C4H4O6.Na.Sb/c5-1(3(7)8)2(6)4(9)10;;/h1-2H,(H,7,8)(H,9,10);;/q-2;+1;+3/p-2/t1-,2-;;/m0../s1. The molecule has 0 aromatic rings. The van der Waals surface area contributed by atoms with Crippen LogP contribution in [0, 0.1) is 0 Å². The van der Waals surface area contributed by atoms with Gasteiger partial charge < -0.3 is 30.0 Å². The van der Waals surface area contributed by atoms with Gasteiger partial charge in [-0.05, 0) is 0 Å². The van der Waals surface area contributed by atoms with Gasteiger partial charge in [0.2, 0.25) is 0 Å². The average molecular weight is 291 g/mol. The summed E-state index contributed by atoms with van der Waals surface area (Å²) in [6.45, 7) is 0. The van der Waals surface area contributed by atoms with Crippen LogP contribution >= 0.6 is 0 Å². The molecule has 0 aliphatic rings. The molecular weight excluding hydrogens is 289 g/mol. The predicted octanol–water partition coefficient (Wildman–Crippen LogP) is -9.43. The minimum Gasteiger partial charge on any atom is -0.848 e. The van der Waals surface area contributed by atoms with Gasteiger partial charge in [0.1, 0.15) is 0 Å². The largest absolute Gasteiger partial charge is 3.00 e. The minimum absolute atomic E-state index is 0. The van der Waals surface area contributed by atoms with Crippen LogP contribution in [0.25, 0.3) is 0 Å². The predicted molar refractivity (Wildman–Crippen MR) is 23.3 cm³/mol. The maximum absolute atomic E-state index is 9.97. The third kappa shape index (κ3) is 6.22. The number of carboxylic acids is 2. The van der Waals surface area contributed by atoms with Crippen LogP contribution in [-0.4, -0.2) is 48.6 Å². The van der Waals surface area contributed by atoms with Gasteiger partial charge in [0.15, 0.2) is 0 Å². The Kier molecular flexibility index (Phi) is 12.7. The molecule has 0 unspecified atom stereocenters. The molecule has 0 aliphatic carbocycles. The molecule has 8 heteroatoms. The van der Waals surface area contributed by atoms with E-state index in [9.17, 15) is 30.0 Å². The third-order valence-electron chi connectivity index (χ3n) is 0.740. The van der Waals surface area contributed by atoms with Crippen molar-refractivity contribution in [1.82, 2.24) is 0 Å². The maximum atomic E-state index is 9.97. The van der Waals surface area contributed by atoms with Crippen molar-refractivity contribution in [2.75, 3.05) is 0 Å². The molecule has 60 valence electrons. The molecule has 0 saturated heterocycles. The Morgan fingerprint density at radius 1 is 0.917 bits per heavy atom. The molecular formula is C4H2NaO6Sb. The number of carbonyl (C=O) groups excluding carboxylic acids is 2. The van der Waals surface area contributed by atoms with Crippen molar-refractivity contribution in [2.24, 2.45) is 0 Å². The Bertz CT molecular complexity index is 144. The van der Waals surface area contributed by atoms with Crippen LogP contribution in [0.2, 0.25) is 0 Å². The van der Waals surface area contributed by atoms with Crippen LogP contribution in [0.1, 0.15) is 0 Å². The Hall–Kier alpha value is 0.678. The summed E-state index contributed by atoms with van der Waals surface area (Å²) < 4.78 is 0. The van der Waals surface area contributed by atoms with E-state index in [0.29, 0.717) is 0 Å². The van der Waals surface area contributed by atoms with E-state index in [1.807, 2.05) is 0 Å². The van der Waals surface area contributed by atoms with Crippen molar-refractivity contribution in [2.45, 2.75) is 12.2 Å². The van der Waals surface area contributed by atoms with Gasteiger partial charge in [0.05, 0.1) is 0 Å². The number of hydrogen-bond donors (Lipinski definition) is 0. The molecule has 0 spiro atoms. The average Bonchev–Trinajstić information content (AvgIpc) is 1.84. The molecule has 2 atom stereocenters. The first-order valence-electron chi connectivity index (χ1n) is 2.20. The molecule has 0 fully saturated rings. The zero-order chi connectivity index (χ0) is 8.31. The Morgan fingerprint density at radius 3 is 1.17 bits per heavy atom. The van der Waals surface area contributed by atoms with Crippen molar-refractivity contribution in [1.29, 1.82) is 0 Å². The normalized spacial score (nSPS) is 13.2. The molecule has 12 heavy (non-hydrogen) atoms. The van der Waals surface area contributed by atoms with E-state index in [-0.39, 0.29) is 54.0 Å². The van der Waals surface area contributed by atoms with Gasteiger partial charge in [0.25, 0.3) is 0 Å². The van der Waals surface area contributed by atoms with Crippen molar-refractivity contribution < 1.29 is 59.6 Å². The first kappa shape index (κ1) is 18.5. The van der Waals surface area contributed by atoms with Gasteiger partial charge >= 0.3 is 54.0 Å². The Morgan fingerprint density at radius 2 is 1.08 bits per heavy atom. The summed E-state index contributed by atoms with van der Waals surface area (Å²) in [7, 11) is 0. The third-order valence-corrected chi connectivity index (χ3v) is 0.740. The van der Waals surface area contributed by atoms with Crippen LogP contribution in [0.4, 0.5) is 0 Å². The van der Waals surface area contributed by atoms with Crippen LogP contribution < -0.4 is 50.0 Å². The first-order chi connectivity index (χ1) is 4.46. The number of rotatable bonds is 3. The molecule has 6 nitrogen and oxygen atoms in total. The fourth-order valence-electron chi connectivity index (χ4n) is 0.247. The van der Waals surface area contributed by atoms with E-state index in [0.717, 1.165) is 0 Å². The number of carboxylic acid groups (broad SMARTS) is 2. The zero-order valence-electron chi connectivity index (χ0n) is 6.05. The van der Waals surface area contributed by atoms with E-state index in [2.05, 4.69) is 0 Å². The summed E-state index contributed by atoms with van der Waals surface area (Å²) in [5.41, 5.74) is 0. The van der Waals surface area contributed by atoms with Crippen molar-refractivity contribution in [3.63, 3.8) is 0 Å². The molecule has 0 bridgehead atoms. The summed E-state index contributed by atoms with van der Waals surface area (Å²) in [4.78, 5) is 19.1. The fraction of sp³-hybridized carbons (Fsp3) is 0.500. The smallest absolute Gasteiger partial charge is 0.848 e. The second-order valence-electron chi connectivity index (χ2n) is 1.48. The van der Waals surface area contributed by atoms with Gasteiger partial charge in [0, 0.05) is 11.9 Å². The molecule has 2 radical (unpaired) electrons. The number of aliphatic carboxylic acids is 2. The van der Waals surface area contributed by atoms with Crippen molar-refractivity contribution >= 4 is 36.4 Å². The zero-order valence-corrected chi connectivity index (χ0v) is 10.6. The quantitative estimate of drug-likeness (QED) is 0.475. The van der Waals surface area contributed by atoms with E-state index in [1.54, 1.807) is 0 Å². The van der Waals surface area contributed by atoms with Gasteiger partial charge in [-0.2, -0.15) is 0 Å². The molecule has 0 amide bonds. The van der Waals surface area contributed by atoms with E-state index in [1.165, 1.54) is 0 Å². The molecule has 0 aromatic carbocycles. The molecule has 0 N–H and O–H groups in total. The molecule has 0 aromatic heterocycles. The summed E-state index contributed by atoms with van der Waals surface area (Å²) in [6, 6.07) is 0. The molecule has 0 heterocycles. The van der Waals surface area contributed by atoms with Gasteiger partial charge in [-0.3, -0.25) is 0 Å². The number of carbonyl (C=O) groups is 2. The minimum atomic E-state index is -2.80. The van der Waals surface area contributed by atoms with Crippen LogP contribution in [0.3, 0.4) is 0 Å². The van der Waals surface area contributed by atoms with E-state index < -0.39 is 24.1 Å². The monoisotopic (exact) mass is 290 g/mol. The topological polar surface area (TPSA) is 126 Å². The van der Waals surface area contributed by atoms with Crippen LogP contribution in [0.5, 0.6) is 0 Å². The molecule has 0 saturated carbocycles. The van der Waals surface area contributed by atoms with E-state index >= 15 is 0 Å². The summed E-state index contributed by atoms with van der Waals surface area (Å²) in [6.07, 6.45) is -5.60. The number of hydrogen-bond acceptors (Lipinski definition) is 6. The molecule has 0 aliphatic heterocycles. The van der Waals surface area contributed by atoms with Crippen molar-refractivity contribution in [3.8, 4) is 0 Å². The first-order valence-corrected chi connectivity index (χ1v) is 2.20.